The van der Waals surface area contributed by atoms with Gasteiger partial charge in [-0.1, -0.05) is 20.8 Å². The van der Waals surface area contributed by atoms with E-state index < -0.39 is 0 Å². The molecule has 0 saturated heterocycles. The summed E-state index contributed by atoms with van der Waals surface area (Å²) in [6.45, 7) is 7.63. The van der Waals surface area contributed by atoms with Crippen LogP contribution < -0.4 is 5.32 Å². The molecule has 0 amide bonds. The Kier molecular flexibility index (Phi) is 4.84. The second kappa shape index (κ2) is 6.28. The second-order valence-corrected chi connectivity index (χ2v) is 6.85. The first kappa shape index (κ1) is 16.2. The molecule has 21 heavy (non-hydrogen) atoms. The fraction of sp³-hybridized carbons (Fsp3) is 0.750. The molecule has 1 N–H and O–H groups in total. The van der Waals surface area contributed by atoms with E-state index in [0.29, 0.717) is 6.61 Å². The van der Waals surface area contributed by atoms with Gasteiger partial charge in [0.2, 0.25) is 0 Å². The molecule has 1 aliphatic carbocycles. The van der Waals surface area contributed by atoms with Crippen molar-refractivity contribution < 1.29 is 9.47 Å². The zero-order valence-corrected chi connectivity index (χ0v) is 13.8. The number of methoxy groups -OCH3 is 2. The quantitative estimate of drug-likeness (QED) is 0.874. The van der Waals surface area contributed by atoms with Gasteiger partial charge in [0, 0.05) is 32.2 Å². The monoisotopic (exact) mass is 293 g/mol. The van der Waals surface area contributed by atoms with Crippen LogP contribution in [-0.4, -0.2) is 36.3 Å². The summed E-state index contributed by atoms with van der Waals surface area (Å²) in [5, 5.41) is 3.42. The van der Waals surface area contributed by atoms with Crippen LogP contribution in [0.15, 0.2) is 6.07 Å². The van der Waals surface area contributed by atoms with Gasteiger partial charge in [0.05, 0.1) is 17.9 Å². The molecule has 1 aromatic heterocycles. The summed E-state index contributed by atoms with van der Waals surface area (Å²) >= 11 is 0. The summed E-state index contributed by atoms with van der Waals surface area (Å²) in [7, 11) is 3.47. The van der Waals surface area contributed by atoms with Crippen LogP contribution in [0.3, 0.4) is 0 Å². The highest BCUT2D eigenvalue weighted by molar-refractivity contribution is 5.37. The predicted octanol–water partition coefficient (Wildman–Crippen LogP) is 2.90. The molecule has 118 valence electrons. The molecule has 0 unspecified atom stereocenters. The minimum absolute atomic E-state index is 0.0196. The average Bonchev–Trinajstić information content (AvgIpc) is 2.37. The maximum Gasteiger partial charge on any atom is 0.136 e. The van der Waals surface area contributed by atoms with Gasteiger partial charge >= 0.3 is 0 Å². The number of anilines is 1. The smallest absolute Gasteiger partial charge is 0.136 e. The Balaban J connectivity index is 2.15. The first-order valence-electron chi connectivity index (χ1n) is 7.55. The van der Waals surface area contributed by atoms with Crippen LogP contribution in [0.25, 0.3) is 0 Å². The molecule has 0 atom stereocenters. The molecule has 5 nitrogen and oxygen atoms in total. The minimum Gasteiger partial charge on any atom is -0.378 e. The van der Waals surface area contributed by atoms with Gasteiger partial charge in [-0.3, -0.25) is 0 Å². The molecule has 0 spiro atoms. The molecular formula is C16H27N3O2. The number of nitrogens with zero attached hydrogens (tertiary/aromatic N) is 2. The Morgan fingerprint density at radius 2 is 1.95 bits per heavy atom. The zero-order chi connectivity index (χ0) is 15.5. The fourth-order valence-electron chi connectivity index (χ4n) is 2.42. The van der Waals surface area contributed by atoms with E-state index in [9.17, 15) is 0 Å². The first-order chi connectivity index (χ1) is 9.88. The molecule has 0 bridgehead atoms. The predicted molar refractivity (Wildman–Crippen MR) is 83.5 cm³/mol. The van der Waals surface area contributed by atoms with Gasteiger partial charge in [0.1, 0.15) is 11.6 Å². The van der Waals surface area contributed by atoms with Crippen LogP contribution in [0.5, 0.6) is 0 Å². The van der Waals surface area contributed by atoms with E-state index in [1.807, 2.05) is 6.07 Å². The standard InChI is InChI=1S/C16H27N3O2/c1-15(2,3)14-18-12(10-20-4)9-13(19-14)17-11-16(21-5)7-6-8-16/h9H,6-8,10-11H2,1-5H3,(H,17,18,19). The van der Waals surface area contributed by atoms with Crippen molar-refractivity contribution in [2.45, 2.75) is 57.7 Å². The van der Waals surface area contributed by atoms with Gasteiger partial charge in [-0.25, -0.2) is 9.97 Å². The first-order valence-corrected chi connectivity index (χ1v) is 7.55. The average molecular weight is 293 g/mol. The molecular weight excluding hydrogens is 266 g/mol. The van der Waals surface area contributed by atoms with Crippen LogP contribution in [-0.2, 0) is 21.5 Å². The highest BCUT2D eigenvalue weighted by Crippen LogP contribution is 2.35. The number of ether oxygens (including phenoxy) is 2. The number of rotatable bonds is 6. The fourth-order valence-corrected chi connectivity index (χ4v) is 2.42. The molecule has 1 saturated carbocycles. The maximum atomic E-state index is 5.64. The van der Waals surface area contributed by atoms with Crippen molar-refractivity contribution in [2.75, 3.05) is 26.1 Å². The highest BCUT2D eigenvalue weighted by Gasteiger charge is 2.36. The lowest BCUT2D eigenvalue weighted by atomic mass is 9.80. The van der Waals surface area contributed by atoms with E-state index in [-0.39, 0.29) is 11.0 Å². The summed E-state index contributed by atoms with van der Waals surface area (Å²) in [4.78, 5) is 9.24. The van der Waals surface area contributed by atoms with Gasteiger partial charge in [0.15, 0.2) is 0 Å². The summed E-state index contributed by atoms with van der Waals surface area (Å²) < 4.78 is 10.8. The number of hydrogen-bond acceptors (Lipinski definition) is 5. The van der Waals surface area contributed by atoms with E-state index in [4.69, 9.17) is 9.47 Å². The zero-order valence-electron chi connectivity index (χ0n) is 13.8. The van der Waals surface area contributed by atoms with Crippen LogP contribution in [0.2, 0.25) is 0 Å². The van der Waals surface area contributed by atoms with Crippen molar-refractivity contribution in [2.24, 2.45) is 0 Å². The molecule has 2 rings (SSSR count). The van der Waals surface area contributed by atoms with E-state index in [2.05, 4.69) is 36.1 Å². The summed E-state index contributed by atoms with van der Waals surface area (Å²) in [6.07, 6.45) is 3.46. The van der Waals surface area contributed by atoms with Gasteiger partial charge in [-0.05, 0) is 19.3 Å². The van der Waals surface area contributed by atoms with Crippen molar-refractivity contribution in [3.05, 3.63) is 17.6 Å². The van der Waals surface area contributed by atoms with Crippen molar-refractivity contribution in [3.63, 3.8) is 0 Å². The van der Waals surface area contributed by atoms with Crippen LogP contribution in [0.4, 0.5) is 5.82 Å². The normalized spacial score (nSPS) is 17.4. The molecule has 5 heteroatoms. The third kappa shape index (κ3) is 3.92. The van der Waals surface area contributed by atoms with Gasteiger partial charge in [-0.15, -0.1) is 0 Å². The summed E-state index contributed by atoms with van der Waals surface area (Å²) in [5.41, 5.74) is 0.795. The number of aromatic nitrogens is 2. The molecule has 0 aliphatic heterocycles. The molecule has 0 aromatic carbocycles. The maximum absolute atomic E-state index is 5.64. The lowest BCUT2D eigenvalue weighted by molar-refractivity contribution is -0.0601. The second-order valence-electron chi connectivity index (χ2n) is 6.85. The molecule has 1 aromatic rings. The summed E-state index contributed by atoms with van der Waals surface area (Å²) in [6, 6.07) is 1.96. The van der Waals surface area contributed by atoms with Gasteiger partial charge in [0.25, 0.3) is 0 Å². The van der Waals surface area contributed by atoms with Crippen molar-refractivity contribution >= 4 is 5.82 Å². The SMILES string of the molecule is COCc1cc(NCC2(OC)CCC2)nc(C(C)(C)C)n1. The van der Waals surface area contributed by atoms with Crippen LogP contribution >= 0.6 is 0 Å². The number of nitrogens with one attached hydrogen (secondary N) is 1. The Bertz CT molecular complexity index is 473. The van der Waals surface area contributed by atoms with Crippen molar-refractivity contribution in [1.29, 1.82) is 0 Å². The Hall–Kier alpha value is -1.20. The molecule has 0 radical (unpaired) electrons. The number of hydrogen-bond donors (Lipinski definition) is 1. The third-order valence-electron chi connectivity index (χ3n) is 4.03. The highest BCUT2D eigenvalue weighted by atomic mass is 16.5. The topological polar surface area (TPSA) is 56.3 Å². The summed E-state index contributed by atoms with van der Waals surface area (Å²) in [5.74, 6) is 1.69. The Labute approximate surface area is 127 Å². The van der Waals surface area contributed by atoms with E-state index in [1.54, 1.807) is 14.2 Å². The van der Waals surface area contributed by atoms with Gasteiger partial charge in [-0.2, -0.15) is 0 Å². The van der Waals surface area contributed by atoms with Crippen molar-refractivity contribution in [1.82, 2.24) is 9.97 Å². The van der Waals surface area contributed by atoms with Crippen molar-refractivity contribution in [3.8, 4) is 0 Å². The third-order valence-corrected chi connectivity index (χ3v) is 4.03. The lowest BCUT2D eigenvalue weighted by Gasteiger charge is -2.40. The van der Waals surface area contributed by atoms with Crippen LogP contribution in [0, 0.1) is 0 Å². The lowest BCUT2D eigenvalue weighted by Crippen LogP contribution is -2.45. The van der Waals surface area contributed by atoms with E-state index >= 15 is 0 Å². The Morgan fingerprint density at radius 1 is 1.24 bits per heavy atom. The van der Waals surface area contributed by atoms with E-state index in [0.717, 1.165) is 36.7 Å². The largest absolute Gasteiger partial charge is 0.378 e. The van der Waals surface area contributed by atoms with Gasteiger partial charge < -0.3 is 14.8 Å². The molecule has 1 heterocycles. The minimum atomic E-state index is -0.0877. The Morgan fingerprint density at radius 3 is 2.43 bits per heavy atom. The van der Waals surface area contributed by atoms with Crippen LogP contribution in [0.1, 0.15) is 51.6 Å². The molecule has 1 aliphatic rings. The molecule has 1 fully saturated rings. The van der Waals surface area contributed by atoms with E-state index in [1.165, 1.54) is 6.42 Å².